The Kier molecular flexibility index (Phi) is 5.62. The SMILES string of the molecule is CC1CCC(Oc2c(Br)cc(CCl)cc2Br)CC1C. The third kappa shape index (κ3) is 3.89. The van der Waals surface area contributed by atoms with Crippen molar-refractivity contribution in [2.45, 2.75) is 45.1 Å². The summed E-state index contributed by atoms with van der Waals surface area (Å²) in [5, 5.41) is 0. The van der Waals surface area contributed by atoms with E-state index in [1.165, 1.54) is 6.42 Å². The molecule has 1 aliphatic carbocycles. The molecule has 2 rings (SSSR count). The van der Waals surface area contributed by atoms with E-state index < -0.39 is 0 Å². The maximum atomic E-state index is 6.20. The van der Waals surface area contributed by atoms with E-state index in [4.69, 9.17) is 16.3 Å². The molecule has 0 N–H and O–H groups in total. The number of halogens is 3. The van der Waals surface area contributed by atoms with Crippen molar-refractivity contribution >= 4 is 43.5 Å². The lowest BCUT2D eigenvalue weighted by molar-refractivity contribution is 0.0992. The van der Waals surface area contributed by atoms with Crippen LogP contribution in [0.3, 0.4) is 0 Å². The smallest absolute Gasteiger partial charge is 0.148 e. The standard InChI is InChI=1S/C15H19Br2ClO/c1-9-3-4-12(5-10(9)2)19-15-13(16)6-11(8-18)7-14(15)17/h6-7,9-10,12H,3-5,8H2,1-2H3. The molecular weight excluding hydrogens is 391 g/mol. The Bertz CT molecular complexity index is 427. The van der Waals surface area contributed by atoms with Gasteiger partial charge in [0.1, 0.15) is 5.75 Å². The quantitative estimate of drug-likeness (QED) is 0.543. The van der Waals surface area contributed by atoms with E-state index in [0.29, 0.717) is 12.0 Å². The van der Waals surface area contributed by atoms with Crippen LogP contribution in [-0.4, -0.2) is 6.10 Å². The number of hydrogen-bond donors (Lipinski definition) is 0. The zero-order chi connectivity index (χ0) is 14.0. The van der Waals surface area contributed by atoms with Gasteiger partial charge >= 0.3 is 0 Å². The summed E-state index contributed by atoms with van der Waals surface area (Å²) in [6, 6.07) is 4.06. The lowest BCUT2D eigenvalue weighted by Crippen LogP contribution is -2.29. The fourth-order valence-electron chi connectivity index (χ4n) is 2.57. The van der Waals surface area contributed by atoms with Crippen LogP contribution in [0.1, 0.15) is 38.7 Å². The first kappa shape index (κ1) is 15.7. The van der Waals surface area contributed by atoms with Gasteiger partial charge in [0.05, 0.1) is 15.0 Å². The molecule has 0 bridgehead atoms. The minimum atomic E-state index is 0.320. The average molecular weight is 411 g/mol. The summed E-state index contributed by atoms with van der Waals surface area (Å²) in [5.41, 5.74) is 1.08. The van der Waals surface area contributed by atoms with Gasteiger partial charge in [-0.05, 0) is 80.7 Å². The maximum Gasteiger partial charge on any atom is 0.148 e. The van der Waals surface area contributed by atoms with Crippen LogP contribution in [0.4, 0.5) is 0 Å². The first-order valence-corrected chi connectivity index (χ1v) is 8.83. The Morgan fingerprint density at radius 2 is 1.79 bits per heavy atom. The summed E-state index contributed by atoms with van der Waals surface area (Å²) in [5.74, 6) is 2.96. The monoisotopic (exact) mass is 408 g/mol. The Labute approximate surface area is 137 Å². The second-order valence-corrected chi connectivity index (χ2v) is 7.51. The zero-order valence-corrected chi connectivity index (χ0v) is 15.2. The summed E-state index contributed by atoms with van der Waals surface area (Å²) < 4.78 is 8.15. The first-order chi connectivity index (χ1) is 9.01. The molecule has 1 saturated carbocycles. The summed E-state index contributed by atoms with van der Waals surface area (Å²) in [7, 11) is 0. The predicted molar refractivity (Wildman–Crippen MR) is 88.0 cm³/mol. The molecule has 0 amide bonds. The van der Waals surface area contributed by atoms with Crippen molar-refractivity contribution in [3.8, 4) is 5.75 Å². The van der Waals surface area contributed by atoms with Crippen LogP contribution in [0, 0.1) is 11.8 Å². The zero-order valence-electron chi connectivity index (χ0n) is 11.3. The molecule has 3 atom stereocenters. The molecule has 0 radical (unpaired) electrons. The Hall–Kier alpha value is 0.270. The van der Waals surface area contributed by atoms with Crippen molar-refractivity contribution in [3.63, 3.8) is 0 Å². The molecular formula is C15H19Br2ClO. The van der Waals surface area contributed by atoms with Gasteiger partial charge in [0.15, 0.2) is 0 Å². The van der Waals surface area contributed by atoms with Crippen molar-refractivity contribution in [1.29, 1.82) is 0 Å². The molecule has 1 aromatic carbocycles. The summed E-state index contributed by atoms with van der Waals surface area (Å²) in [6.07, 6.45) is 3.85. The molecule has 0 heterocycles. The van der Waals surface area contributed by atoms with Crippen molar-refractivity contribution in [1.82, 2.24) is 0 Å². The van der Waals surface area contributed by atoms with Gasteiger partial charge < -0.3 is 4.74 Å². The van der Waals surface area contributed by atoms with Gasteiger partial charge in [0, 0.05) is 5.88 Å². The van der Waals surface area contributed by atoms with Gasteiger partial charge in [0.2, 0.25) is 0 Å². The highest BCUT2D eigenvalue weighted by molar-refractivity contribution is 9.11. The van der Waals surface area contributed by atoms with Gasteiger partial charge in [-0.15, -0.1) is 11.6 Å². The molecule has 0 aliphatic heterocycles. The molecule has 1 aliphatic rings. The highest BCUT2D eigenvalue weighted by atomic mass is 79.9. The molecule has 1 fully saturated rings. The highest BCUT2D eigenvalue weighted by Gasteiger charge is 2.26. The van der Waals surface area contributed by atoms with Crippen LogP contribution in [-0.2, 0) is 5.88 Å². The molecule has 0 saturated heterocycles. The van der Waals surface area contributed by atoms with E-state index in [1.807, 2.05) is 12.1 Å². The number of rotatable bonds is 3. The Morgan fingerprint density at radius 3 is 2.32 bits per heavy atom. The van der Waals surface area contributed by atoms with Crippen molar-refractivity contribution in [2.24, 2.45) is 11.8 Å². The fraction of sp³-hybridized carbons (Fsp3) is 0.600. The van der Waals surface area contributed by atoms with Crippen LogP contribution < -0.4 is 4.74 Å². The van der Waals surface area contributed by atoms with Crippen molar-refractivity contribution in [3.05, 3.63) is 26.6 Å². The van der Waals surface area contributed by atoms with Crippen LogP contribution in [0.2, 0.25) is 0 Å². The lowest BCUT2D eigenvalue weighted by atomic mass is 9.80. The molecule has 0 aromatic heterocycles. The fourth-order valence-corrected chi connectivity index (χ4v) is 4.20. The number of benzene rings is 1. The highest BCUT2D eigenvalue weighted by Crippen LogP contribution is 2.39. The lowest BCUT2D eigenvalue weighted by Gasteiger charge is -2.32. The second kappa shape index (κ2) is 6.82. The number of alkyl halides is 1. The van der Waals surface area contributed by atoms with E-state index in [1.54, 1.807) is 0 Å². The molecule has 0 spiro atoms. The number of ether oxygens (including phenoxy) is 1. The van der Waals surface area contributed by atoms with Crippen LogP contribution in [0.25, 0.3) is 0 Å². The van der Waals surface area contributed by atoms with Gasteiger partial charge in [-0.3, -0.25) is 0 Å². The molecule has 19 heavy (non-hydrogen) atoms. The van der Waals surface area contributed by atoms with Crippen molar-refractivity contribution in [2.75, 3.05) is 0 Å². The van der Waals surface area contributed by atoms with E-state index >= 15 is 0 Å². The summed E-state index contributed by atoms with van der Waals surface area (Å²) in [4.78, 5) is 0. The second-order valence-electron chi connectivity index (χ2n) is 5.53. The van der Waals surface area contributed by atoms with E-state index in [2.05, 4.69) is 45.7 Å². The molecule has 1 aromatic rings. The molecule has 4 heteroatoms. The van der Waals surface area contributed by atoms with E-state index in [0.717, 1.165) is 44.9 Å². The normalized spacial score (nSPS) is 27.3. The van der Waals surface area contributed by atoms with E-state index in [9.17, 15) is 0 Å². The third-order valence-corrected chi connectivity index (χ3v) is 5.53. The topological polar surface area (TPSA) is 9.23 Å². The molecule has 106 valence electrons. The van der Waals surface area contributed by atoms with Crippen molar-refractivity contribution < 1.29 is 4.74 Å². The van der Waals surface area contributed by atoms with E-state index in [-0.39, 0.29) is 0 Å². The van der Waals surface area contributed by atoms with Gasteiger partial charge in [-0.25, -0.2) is 0 Å². The first-order valence-electron chi connectivity index (χ1n) is 6.71. The maximum absolute atomic E-state index is 6.20. The van der Waals surface area contributed by atoms with Gasteiger partial charge in [-0.1, -0.05) is 13.8 Å². The minimum absolute atomic E-state index is 0.320. The molecule has 3 unspecified atom stereocenters. The van der Waals surface area contributed by atoms with Crippen LogP contribution in [0.5, 0.6) is 5.75 Å². The predicted octanol–water partition coefficient (Wildman–Crippen LogP) is 6.15. The van der Waals surface area contributed by atoms with Crippen LogP contribution in [0.15, 0.2) is 21.1 Å². The average Bonchev–Trinajstić information content (AvgIpc) is 2.37. The van der Waals surface area contributed by atoms with Gasteiger partial charge in [0.25, 0.3) is 0 Å². The largest absolute Gasteiger partial charge is 0.488 e. The molecule has 1 nitrogen and oxygen atoms in total. The Balaban J connectivity index is 2.11. The minimum Gasteiger partial charge on any atom is -0.488 e. The van der Waals surface area contributed by atoms with Crippen LogP contribution >= 0.6 is 43.5 Å². The third-order valence-electron chi connectivity index (χ3n) is 4.05. The summed E-state index contributed by atoms with van der Waals surface area (Å²) in [6.45, 7) is 4.66. The van der Waals surface area contributed by atoms with Gasteiger partial charge in [-0.2, -0.15) is 0 Å². The Morgan fingerprint density at radius 1 is 1.16 bits per heavy atom. The number of hydrogen-bond acceptors (Lipinski definition) is 1. The summed E-state index contributed by atoms with van der Waals surface area (Å²) >= 11 is 13.0.